The van der Waals surface area contributed by atoms with E-state index in [2.05, 4.69) is 6.58 Å². The Morgan fingerprint density at radius 3 is 2.78 bits per heavy atom. The quantitative estimate of drug-likeness (QED) is 0.484. The fraction of sp³-hybridized carbons (Fsp3) is 0.263. The summed E-state index contributed by atoms with van der Waals surface area (Å²) in [5.74, 6) is -1.02. The van der Waals surface area contributed by atoms with Gasteiger partial charge in [-0.15, -0.1) is 17.9 Å². The van der Waals surface area contributed by atoms with Crippen molar-refractivity contribution in [2.24, 2.45) is 5.41 Å². The van der Waals surface area contributed by atoms with Gasteiger partial charge in [-0.05, 0) is 29.9 Å². The highest BCUT2D eigenvalue weighted by molar-refractivity contribution is 7.10. The standard InChI is InChI=1S/C19H18O3S/c1-3-15(16-9-6-12-23-16)19(18(21)22-2)11-10-13-7-4-5-8-14(13)17(19)20/h3-9,12,15H,1,10-11H2,2H3/t15?,19-/m1/s1. The van der Waals surface area contributed by atoms with Crippen molar-refractivity contribution < 1.29 is 14.3 Å². The van der Waals surface area contributed by atoms with Gasteiger partial charge >= 0.3 is 5.97 Å². The van der Waals surface area contributed by atoms with E-state index in [1.54, 1.807) is 12.1 Å². The smallest absolute Gasteiger partial charge is 0.320 e. The van der Waals surface area contributed by atoms with Crippen molar-refractivity contribution in [3.05, 3.63) is 70.4 Å². The molecule has 0 fully saturated rings. The topological polar surface area (TPSA) is 43.4 Å². The van der Waals surface area contributed by atoms with E-state index in [1.165, 1.54) is 18.4 Å². The van der Waals surface area contributed by atoms with Crippen LogP contribution < -0.4 is 0 Å². The first-order valence-corrected chi connectivity index (χ1v) is 8.40. The molecule has 0 spiro atoms. The Balaban J connectivity index is 2.18. The molecule has 0 radical (unpaired) electrons. The lowest BCUT2D eigenvalue weighted by molar-refractivity contribution is -0.150. The van der Waals surface area contributed by atoms with Crippen LogP contribution in [0.2, 0.25) is 0 Å². The average molecular weight is 326 g/mol. The summed E-state index contributed by atoms with van der Waals surface area (Å²) in [6.45, 7) is 3.89. The normalized spacial score (nSPS) is 21.3. The van der Waals surface area contributed by atoms with Crippen molar-refractivity contribution in [2.45, 2.75) is 18.8 Å². The number of ether oxygens (including phenoxy) is 1. The van der Waals surface area contributed by atoms with Crippen LogP contribution >= 0.6 is 11.3 Å². The lowest BCUT2D eigenvalue weighted by atomic mass is 9.63. The summed E-state index contributed by atoms with van der Waals surface area (Å²) in [6.07, 6.45) is 2.81. The monoisotopic (exact) mass is 326 g/mol. The van der Waals surface area contributed by atoms with Crippen LogP contribution in [0.4, 0.5) is 0 Å². The Hall–Kier alpha value is -2.20. The molecule has 1 heterocycles. The number of allylic oxidation sites excluding steroid dienone is 1. The minimum atomic E-state index is -1.23. The molecule has 0 amide bonds. The van der Waals surface area contributed by atoms with Gasteiger partial charge in [-0.3, -0.25) is 9.59 Å². The first kappa shape index (κ1) is 15.7. The Kier molecular flexibility index (Phi) is 4.18. The van der Waals surface area contributed by atoms with Crippen LogP contribution in [0.3, 0.4) is 0 Å². The van der Waals surface area contributed by atoms with Crippen molar-refractivity contribution in [1.82, 2.24) is 0 Å². The zero-order valence-electron chi connectivity index (χ0n) is 13.0. The third-order valence-electron chi connectivity index (χ3n) is 4.62. The molecule has 1 unspecified atom stereocenters. The van der Waals surface area contributed by atoms with Crippen LogP contribution in [0.1, 0.15) is 33.1 Å². The second kappa shape index (κ2) is 6.13. The molecule has 23 heavy (non-hydrogen) atoms. The van der Waals surface area contributed by atoms with Crippen molar-refractivity contribution >= 4 is 23.1 Å². The first-order valence-electron chi connectivity index (χ1n) is 7.52. The number of hydrogen-bond acceptors (Lipinski definition) is 4. The predicted molar refractivity (Wildman–Crippen MR) is 90.8 cm³/mol. The van der Waals surface area contributed by atoms with Gasteiger partial charge < -0.3 is 4.74 Å². The van der Waals surface area contributed by atoms with E-state index >= 15 is 0 Å². The molecule has 0 bridgehead atoms. The highest BCUT2D eigenvalue weighted by atomic mass is 32.1. The van der Waals surface area contributed by atoms with Gasteiger partial charge in [-0.1, -0.05) is 36.4 Å². The molecule has 0 N–H and O–H groups in total. The summed E-state index contributed by atoms with van der Waals surface area (Å²) in [4.78, 5) is 27.0. The van der Waals surface area contributed by atoms with Crippen molar-refractivity contribution in [1.29, 1.82) is 0 Å². The van der Waals surface area contributed by atoms with Gasteiger partial charge in [-0.25, -0.2) is 0 Å². The Bertz CT molecular complexity index is 748. The second-order valence-corrected chi connectivity index (χ2v) is 6.66. The van der Waals surface area contributed by atoms with E-state index in [0.717, 1.165) is 10.4 Å². The third-order valence-corrected chi connectivity index (χ3v) is 5.58. The summed E-state index contributed by atoms with van der Waals surface area (Å²) in [7, 11) is 1.34. The highest BCUT2D eigenvalue weighted by Crippen LogP contribution is 2.48. The number of carbonyl (C=O) groups excluding carboxylic acids is 2. The number of aryl methyl sites for hydroxylation is 1. The zero-order valence-corrected chi connectivity index (χ0v) is 13.8. The summed E-state index contributed by atoms with van der Waals surface area (Å²) >= 11 is 1.53. The molecule has 2 atom stereocenters. The molecule has 4 heteroatoms. The number of Topliss-reactive ketones (excluding diaryl/α,β-unsaturated/α-hetero) is 1. The number of ketones is 1. The summed E-state index contributed by atoms with van der Waals surface area (Å²) in [5, 5.41) is 1.94. The molecule has 3 nitrogen and oxygen atoms in total. The van der Waals surface area contributed by atoms with Gasteiger partial charge in [0, 0.05) is 16.4 Å². The maximum absolute atomic E-state index is 13.3. The Morgan fingerprint density at radius 2 is 2.13 bits per heavy atom. The number of fused-ring (bicyclic) bond motifs is 1. The summed E-state index contributed by atoms with van der Waals surface area (Å²) in [6, 6.07) is 11.4. The molecule has 2 aromatic rings. The van der Waals surface area contributed by atoms with E-state index in [-0.39, 0.29) is 11.7 Å². The lowest BCUT2D eigenvalue weighted by Crippen LogP contribution is -2.47. The zero-order chi connectivity index (χ0) is 16.4. The molecule has 1 aliphatic carbocycles. The number of carbonyl (C=O) groups is 2. The maximum atomic E-state index is 13.3. The molecular weight excluding hydrogens is 308 g/mol. The average Bonchev–Trinajstić information content (AvgIpc) is 3.11. The fourth-order valence-electron chi connectivity index (χ4n) is 3.47. The van der Waals surface area contributed by atoms with E-state index in [9.17, 15) is 9.59 Å². The van der Waals surface area contributed by atoms with E-state index in [4.69, 9.17) is 4.74 Å². The number of methoxy groups -OCH3 is 1. The van der Waals surface area contributed by atoms with Crippen molar-refractivity contribution in [3.63, 3.8) is 0 Å². The second-order valence-electron chi connectivity index (χ2n) is 5.68. The van der Waals surface area contributed by atoms with Crippen molar-refractivity contribution in [3.8, 4) is 0 Å². The summed E-state index contributed by atoms with van der Waals surface area (Å²) < 4.78 is 5.06. The van der Waals surface area contributed by atoms with Gasteiger partial charge in [0.25, 0.3) is 0 Å². The molecule has 1 aliphatic rings. The van der Waals surface area contributed by atoms with Crippen LogP contribution in [-0.4, -0.2) is 18.9 Å². The number of hydrogen-bond donors (Lipinski definition) is 0. The van der Waals surface area contributed by atoms with Gasteiger partial charge in [0.15, 0.2) is 5.78 Å². The maximum Gasteiger partial charge on any atom is 0.320 e. The Morgan fingerprint density at radius 1 is 1.35 bits per heavy atom. The van der Waals surface area contributed by atoms with E-state index < -0.39 is 11.4 Å². The molecule has 0 saturated heterocycles. The molecule has 3 rings (SSSR count). The molecular formula is C19H18O3S. The van der Waals surface area contributed by atoms with E-state index in [0.29, 0.717) is 18.4 Å². The van der Waals surface area contributed by atoms with Crippen LogP contribution in [0, 0.1) is 5.41 Å². The number of esters is 1. The molecule has 1 aromatic carbocycles. The number of rotatable bonds is 4. The minimum Gasteiger partial charge on any atom is -0.468 e. The van der Waals surface area contributed by atoms with Gasteiger partial charge in [0.1, 0.15) is 5.41 Å². The first-order chi connectivity index (χ1) is 11.1. The predicted octanol–water partition coefficient (Wildman–Crippen LogP) is 4.01. The van der Waals surface area contributed by atoms with Crippen LogP contribution in [0.15, 0.2) is 54.4 Å². The molecule has 118 valence electrons. The molecule has 1 aromatic heterocycles. The Labute approximate surface area is 139 Å². The van der Waals surface area contributed by atoms with Gasteiger partial charge in [-0.2, -0.15) is 0 Å². The SMILES string of the molecule is C=CC(c1cccs1)[C@]1(C(=O)OC)CCc2ccccc2C1=O. The largest absolute Gasteiger partial charge is 0.468 e. The van der Waals surface area contributed by atoms with Gasteiger partial charge in [0.2, 0.25) is 0 Å². The fourth-order valence-corrected chi connectivity index (χ4v) is 4.39. The van der Waals surface area contributed by atoms with Crippen LogP contribution in [0.25, 0.3) is 0 Å². The number of thiophene rings is 1. The lowest BCUT2D eigenvalue weighted by Gasteiger charge is -2.38. The van der Waals surface area contributed by atoms with E-state index in [1.807, 2.05) is 35.7 Å². The molecule has 0 saturated carbocycles. The third kappa shape index (κ3) is 2.34. The van der Waals surface area contributed by atoms with Crippen LogP contribution in [0.5, 0.6) is 0 Å². The number of benzene rings is 1. The van der Waals surface area contributed by atoms with Crippen LogP contribution in [-0.2, 0) is 16.0 Å². The minimum absolute atomic E-state index is 0.162. The highest BCUT2D eigenvalue weighted by Gasteiger charge is 2.54. The molecule has 0 aliphatic heterocycles. The summed E-state index contributed by atoms with van der Waals surface area (Å²) in [5.41, 5.74) is 0.383. The van der Waals surface area contributed by atoms with Crippen molar-refractivity contribution in [2.75, 3.05) is 7.11 Å². The van der Waals surface area contributed by atoms with Gasteiger partial charge in [0.05, 0.1) is 7.11 Å².